The molecule has 0 aliphatic carbocycles. The molecule has 6 heteroatoms. The maximum Gasteiger partial charge on any atom is 0.230 e. The van der Waals surface area contributed by atoms with Gasteiger partial charge in [-0.2, -0.15) is 0 Å². The summed E-state index contributed by atoms with van der Waals surface area (Å²) in [6, 6.07) is 33.1. The fourth-order valence-electron chi connectivity index (χ4n) is 4.43. The lowest BCUT2D eigenvalue weighted by atomic mass is 10.3. The fraction of sp³-hybridized carbons (Fsp3) is 0.143. The van der Waals surface area contributed by atoms with Crippen molar-refractivity contribution < 1.29 is 0 Å². The van der Waals surface area contributed by atoms with Gasteiger partial charge in [0.05, 0.1) is 0 Å². The zero-order valence-corrected chi connectivity index (χ0v) is 19.7. The number of benzene rings is 3. The van der Waals surface area contributed by atoms with E-state index in [1.807, 2.05) is 0 Å². The highest BCUT2D eigenvalue weighted by atomic mass is 28.4. The molecule has 4 rings (SSSR count). The van der Waals surface area contributed by atoms with Gasteiger partial charge in [0.1, 0.15) is 0 Å². The van der Waals surface area contributed by atoms with Gasteiger partial charge in [0, 0.05) is 17.1 Å². The monoisotopic (exact) mass is 405 g/mol. The molecule has 0 saturated carbocycles. The van der Waals surface area contributed by atoms with Gasteiger partial charge < -0.3 is 12.7 Å². The summed E-state index contributed by atoms with van der Waals surface area (Å²) < 4.78 is 8.44. The Balaban J connectivity index is 1.83. The second-order valence-electron chi connectivity index (χ2n) is 7.12. The van der Waals surface area contributed by atoms with Crippen LogP contribution in [0.1, 0.15) is 0 Å². The zero-order valence-electron chi connectivity index (χ0n) is 16.2. The normalized spacial score (nSPS) is 22.8. The molecule has 138 valence electrons. The Hall–Kier alpha value is -2.29. The summed E-state index contributed by atoms with van der Waals surface area (Å²) in [4.78, 5) is 0. The van der Waals surface area contributed by atoms with E-state index in [1.54, 1.807) is 0 Å². The molecule has 3 aromatic rings. The van der Waals surface area contributed by atoms with Crippen molar-refractivity contribution in [1.82, 2.24) is 0 Å². The average Bonchev–Trinajstić information content (AvgIpc) is 2.70. The topological polar surface area (TPSA) is 9.72 Å². The minimum Gasteiger partial charge on any atom is -0.398 e. The van der Waals surface area contributed by atoms with Crippen LogP contribution in [0.4, 0.5) is 17.1 Å². The minimum absolute atomic E-state index is 1.31. The molecule has 3 aromatic carbocycles. The molecule has 1 saturated heterocycles. The van der Waals surface area contributed by atoms with Crippen LogP contribution in [0.25, 0.3) is 0 Å². The highest BCUT2D eigenvalue weighted by Gasteiger charge is 2.43. The number of anilines is 3. The van der Waals surface area contributed by atoms with E-state index in [4.69, 9.17) is 0 Å². The van der Waals surface area contributed by atoms with E-state index in [0.717, 1.165) is 0 Å². The molecule has 3 nitrogen and oxygen atoms in total. The number of hydrogen-bond donors (Lipinski definition) is 0. The van der Waals surface area contributed by atoms with Crippen molar-refractivity contribution in [2.75, 3.05) is 12.7 Å². The fourth-order valence-corrected chi connectivity index (χ4v) is 20.3. The van der Waals surface area contributed by atoms with E-state index in [1.165, 1.54) is 17.1 Å². The SMILES string of the molecule is C[SiH]1N(c2ccccc2)[SiH](C)N(c2ccccc2)[SiH](C)N1c1ccccc1. The summed E-state index contributed by atoms with van der Waals surface area (Å²) >= 11 is 0. The summed E-state index contributed by atoms with van der Waals surface area (Å²) in [6.45, 7) is 7.53. The highest BCUT2D eigenvalue weighted by Crippen LogP contribution is 2.32. The van der Waals surface area contributed by atoms with Crippen LogP contribution < -0.4 is 12.7 Å². The lowest BCUT2D eigenvalue weighted by molar-refractivity contribution is 1.26. The van der Waals surface area contributed by atoms with Crippen molar-refractivity contribution in [3.63, 3.8) is 0 Å². The molecule has 0 N–H and O–H groups in total. The third-order valence-electron chi connectivity index (χ3n) is 5.58. The Morgan fingerprint density at radius 3 is 0.852 bits per heavy atom. The first kappa shape index (κ1) is 18.1. The van der Waals surface area contributed by atoms with Crippen molar-refractivity contribution in [3.8, 4) is 0 Å². The van der Waals surface area contributed by atoms with Crippen LogP contribution in [0.5, 0.6) is 0 Å². The molecule has 1 aliphatic heterocycles. The Bertz CT molecular complexity index is 734. The minimum atomic E-state index is -1.31. The van der Waals surface area contributed by atoms with Crippen molar-refractivity contribution in [1.29, 1.82) is 0 Å². The number of rotatable bonds is 3. The first-order chi connectivity index (χ1) is 13.2. The van der Waals surface area contributed by atoms with E-state index < -0.39 is 27.4 Å². The Labute approximate surface area is 167 Å². The third kappa shape index (κ3) is 3.36. The van der Waals surface area contributed by atoms with Gasteiger partial charge in [-0.1, -0.05) is 54.6 Å². The predicted molar refractivity (Wildman–Crippen MR) is 126 cm³/mol. The molecular formula is C21H27N3Si3. The summed E-state index contributed by atoms with van der Waals surface area (Å²) in [5, 5.41) is 0. The Morgan fingerprint density at radius 1 is 0.407 bits per heavy atom. The van der Waals surface area contributed by atoms with Gasteiger partial charge in [0.2, 0.25) is 27.4 Å². The molecule has 0 spiro atoms. The maximum absolute atomic E-state index is 2.81. The Morgan fingerprint density at radius 2 is 0.630 bits per heavy atom. The van der Waals surface area contributed by atoms with E-state index in [0.29, 0.717) is 0 Å². The zero-order chi connectivity index (χ0) is 18.8. The van der Waals surface area contributed by atoms with Gasteiger partial charge in [0.15, 0.2) is 0 Å². The van der Waals surface area contributed by atoms with Crippen LogP contribution in [0.3, 0.4) is 0 Å². The van der Waals surface area contributed by atoms with Crippen LogP contribution in [0.2, 0.25) is 19.6 Å². The smallest absolute Gasteiger partial charge is 0.230 e. The van der Waals surface area contributed by atoms with Gasteiger partial charge >= 0.3 is 0 Å². The van der Waals surface area contributed by atoms with Crippen LogP contribution in [0, 0.1) is 0 Å². The lowest BCUT2D eigenvalue weighted by Gasteiger charge is -2.57. The molecule has 27 heavy (non-hydrogen) atoms. The van der Waals surface area contributed by atoms with Crippen molar-refractivity contribution in [3.05, 3.63) is 91.0 Å². The third-order valence-corrected chi connectivity index (χ3v) is 20.0. The molecule has 0 unspecified atom stereocenters. The highest BCUT2D eigenvalue weighted by molar-refractivity contribution is 7.04. The standard InChI is InChI=1S/C21H27N3Si3/c1-25-22(19-13-7-4-8-14-19)26(2)24(21-17-11-6-12-18-21)27(3)23(25)20-15-9-5-10-16-20/h4-18,25-27H,1-3H3. The molecule has 0 radical (unpaired) electrons. The molecule has 0 amide bonds. The first-order valence-electron chi connectivity index (χ1n) is 9.68. The molecule has 0 bridgehead atoms. The quantitative estimate of drug-likeness (QED) is 0.608. The number of para-hydroxylation sites is 3. The molecule has 0 atom stereocenters. The van der Waals surface area contributed by atoms with Gasteiger partial charge in [-0.25, -0.2) is 0 Å². The molecule has 1 heterocycles. The molecule has 1 aliphatic rings. The predicted octanol–water partition coefficient (Wildman–Crippen LogP) is 4.07. The largest absolute Gasteiger partial charge is 0.398 e. The maximum atomic E-state index is 2.81. The number of nitrogens with zero attached hydrogens (tertiary/aromatic N) is 3. The van der Waals surface area contributed by atoms with Crippen molar-refractivity contribution in [2.45, 2.75) is 19.6 Å². The molecule has 0 aromatic heterocycles. The van der Waals surface area contributed by atoms with E-state index in [2.05, 4.69) is 123 Å². The number of hydrogen-bond acceptors (Lipinski definition) is 3. The van der Waals surface area contributed by atoms with Crippen LogP contribution >= 0.6 is 0 Å². The van der Waals surface area contributed by atoms with Crippen molar-refractivity contribution in [2.24, 2.45) is 0 Å². The van der Waals surface area contributed by atoms with Gasteiger partial charge in [0.25, 0.3) is 0 Å². The second-order valence-corrected chi connectivity index (χ2v) is 16.0. The van der Waals surface area contributed by atoms with Crippen LogP contribution in [-0.4, -0.2) is 27.4 Å². The lowest BCUT2D eigenvalue weighted by Crippen LogP contribution is -2.76. The summed E-state index contributed by atoms with van der Waals surface area (Å²) in [7, 11) is -3.92. The first-order valence-corrected chi connectivity index (χ1v) is 16.2. The van der Waals surface area contributed by atoms with Gasteiger partial charge in [-0.3, -0.25) is 0 Å². The van der Waals surface area contributed by atoms with E-state index in [9.17, 15) is 0 Å². The van der Waals surface area contributed by atoms with Crippen LogP contribution in [-0.2, 0) is 0 Å². The van der Waals surface area contributed by atoms with Crippen molar-refractivity contribution >= 4 is 44.4 Å². The second kappa shape index (κ2) is 7.76. The molecule has 1 fully saturated rings. The van der Waals surface area contributed by atoms with E-state index in [-0.39, 0.29) is 0 Å². The van der Waals surface area contributed by atoms with E-state index >= 15 is 0 Å². The summed E-state index contributed by atoms with van der Waals surface area (Å²) in [6.07, 6.45) is 0. The molecular weight excluding hydrogens is 379 g/mol. The van der Waals surface area contributed by atoms with Gasteiger partial charge in [-0.15, -0.1) is 0 Å². The van der Waals surface area contributed by atoms with Crippen LogP contribution in [0.15, 0.2) is 91.0 Å². The summed E-state index contributed by atoms with van der Waals surface area (Å²) in [5.74, 6) is 0. The average molecular weight is 406 g/mol. The van der Waals surface area contributed by atoms with Gasteiger partial charge in [-0.05, 0) is 56.0 Å². The Kier molecular flexibility index (Phi) is 5.20. The summed E-state index contributed by atoms with van der Waals surface area (Å²) in [5.41, 5.74) is 4.16.